The summed E-state index contributed by atoms with van der Waals surface area (Å²) < 4.78 is 27.4. The summed E-state index contributed by atoms with van der Waals surface area (Å²) in [4.78, 5) is 10.5. The first-order chi connectivity index (χ1) is 8.73. The summed E-state index contributed by atoms with van der Waals surface area (Å²) in [7, 11) is -0.787. The smallest absolute Gasteiger partial charge is 0.304 e. The maximum Gasteiger partial charge on any atom is 0.304 e. The van der Waals surface area contributed by atoms with Crippen molar-refractivity contribution < 1.29 is 18.3 Å². The van der Waals surface area contributed by atoms with Crippen LogP contribution in [-0.4, -0.2) is 48.7 Å². The van der Waals surface area contributed by atoms with Gasteiger partial charge in [0.15, 0.2) is 0 Å². The monoisotopic (exact) mass is 370 g/mol. The normalized spacial score (nSPS) is 12.3. The van der Waals surface area contributed by atoms with Gasteiger partial charge in [-0.25, -0.2) is 0 Å². The van der Waals surface area contributed by atoms with E-state index in [4.69, 9.17) is 5.11 Å². The second-order valence-corrected chi connectivity index (χ2v) is 8.42. The van der Waals surface area contributed by atoms with Crippen LogP contribution in [0.5, 0.6) is 0 Å². The van der Waals surface area contributed by atoms with Crippen molar-refractivity contribution >= 4 is 43.4 Å². The van der Waals surface area contributed by atoms with Crippen molar-refractivity contribution in [2.45, 2.75) is 13.0 Å². The van der Waals surface area contributed by atoms with Gasteiger partial charge in [0.25, 0.3) is 10.2 Å². The number of aliphatic carboxylic acids is 1. The van der Waals surface area contributed by atoms with Gasteiger partial charge in [0.2, 0.25) is 0 Å². The lowest BCUT2D eigenvalue weighted by Crippen LogP contribution is -2.40. The summed E-state index contributed by atoms with van der Waals surface area (Å²) in [5.74, 6) is -1.02. The molecule has 9 heteroatoms. The average Bonchev–Trinajstić information content (AvgIpc) is 2.71. The van der Waals surface area contributed by atoms with E-state index in [1.54, 1.807) is 0 Å². The van der Waals surface area contributed by atoms with E-state index in [2.05, 4.69) is 15.9 Å². The zero-order valence-electron chi connectivity index (χ0n) is 10.5. The molecule has 1 heterocycles. The number of thiophene rings is 1. The van der Waals surface area contributed by atoms with Gasteiger partial charge >= 0.3 is 5.97 Å². The highest BCUT2D eigenvalue weighted by Gasteiger charge is 2.24. The Balaban J connectivity index is 2.67. The molecule has 0 bridgehead atoms. The third-order valence-electron chi connectivity index (χ3n) is 2.46. The highest BCUT2D eigenvalue weighted by Crippen LogP contribution is 2.22. The van der Waals surface area contributed by atoms with Crippen LogP contribution in [0.2, 0.25) is 0 Å². The van der Waals surface area contributed by atoms with E-state index in [1.165, 1.54) is 29.7 Å². The number of rotatable bonds is 7. The van der Waals surface area contributed by atoms with Crippen molar-refractivity contribution in [1.29, 1.82) is 0 Å². The maximum atomic E-state index is 12.1. The van der Waals surface area contributed by atoms with E-state index in [0.717, 1.165) is 13.7 Å². The second kappa shape index (κ2) is 6.80. The van der Waals surface area contributed by atoms with Crippen LogP contribution in [0.25, 0.3) is 0 Å². The highest BCUT2D eigenvalue weighted by molar-refractivity contribution is 9.11. The Hall–Kier alpha value is -0.480. The van der Waals surface area contributed by atoms with Gasteiger partial charge in [-0.1, -0.05) is 0 Å². The van der Waals surface area contributed by atoms with Crippen molar-refractivity contribution in [2.24, 2.45) is 0 Å². The molecule has 0 saturated carbocycles. The molecule has 0 fully saturated rings. The maximum absolute atomic E-state index is 12.1. The fourth-order valence-electron chi connectivity index (χ4n) is 1.37. The highest BCUT2D eigenvalue weighted by atomic mass is 79.9. The first-order valence-corrected chi connectivity index (χ1v) is 8.42. The Bertz CT molecular complexity index is 543. The standard InChI is InChI=1S/C10H15BrN2O4S2/c1-12(4-3-10(14)15)19(16,17)13(2)6-8-5-9(11)18-7-8/h5,7H,3-4,6H2,1-2H3,(H,14,15). The largest absolute Gasteiger partial charge is 0.481 e. The molecular weight excluding hydrogens is 356 g/mol. The predicted octanol–water partition coefficient (Wildman–Crippen LogP) is 1.59. The Morgan fingerprint density at radius 3 is 2.53 bits per heavy atom. The third-order valence-corrected chi connectivity index (χ3v) is 5.90. The zero-order chi connectivity index (χ0) is 14.6. The Kier molecular flexibility index (Phi) is 5.93. The van der Waals surface area contributed by atoms with Crippen LogP contribution in [0.3, 0.4) is 0 Å². The predicted molar refractivity (Wildman–Crippen MR) is 77.3 cm³/mol. The molecular formula is C10H15BrN2O4S2. The Morgan fingerprint density at radius 1 is 1.42 bits per heavy atom. The summed E-state index contributed by atoms with van der Waals surface area (Å²) >= 11 is 4.80. The van der Waals surface area contributed by atoms with Crippen molar-refractivity contribution in [3.05, 3.63) is 20.8 Å². The van der Waals surface area contributed by atoms with Gasteiger partial charge in [0.05, 0.1) is 10.2 Å². The molecule has 1 aromatic rings. The molecule has 1 rings (SSSR count). The van der Waals surface area contributed by atoms with Crippen LogP contribution in [0.4, 0.5) is 0 Å². The first kappa shape index (κ1) is 16.6. The van der Waals surface area contributed by atoms with Gasteiger partial charge in [-0.05, 0) is 32.9 Å². The summed E-state index contributed by atoms with van der Waals surface area (Å²) in [5.41, 5.74) is 0.884. The van der Waals surface area contributed by atoms with E-state index >= 15 is 0 Å². The SMILES string of the molecule is CN(CCC(=O)O)S(=O)(=O)N(C)Cc1csc(Br)c1. The molecule has 19 heavy (non-hydrogen) atoms. The molecule has 108 valence electrons. The number of hydrogen-bond acceptors (Lipinski definition) is 4. The summed E-state index contributed by atoms with van der Waals surface area (Å²) in [6.45, 7) is 0.206. The zero-order valence-corrected chi connectivity index (χ0v) is 13.8. The third kappa shape index (κ3) is 4.84. The molecule has 0 aromatic carbocycles. The first-order valence-electron chi connectivity index (χ1n) is 5.36. The van der Waals surface area contributed by atoms with Crippen LogP contribution in [0.1, 0.15) is 12.0 Å². The van der Waals surface area contributed by atoms with Crippen LogP contribution in [0, 0.1) is 0 Å². The molecule has 1 aromatic heterocycles. The van der Waals surface area contributed by atoms with Crippen molar-refractivity contribution in [2.75, 3.05) is 20.6 Å². The fourth-order valence-corrected chi connectivity index (χ4v) is 3.68. The molecule has 0 amide bonds. The molecule has 0 aliphatic carbocycles. The van der Waals surface area contributed by atoms with Gasteiger partial charge in [-0.3, -0.25) is 4.79 Å². The number of nitrogens with zero attached hydrogens (tertiary/aromatic N) is 2. The minimum Gasteiger partial charge on any atom is -0.481 e. The lowest BCUT2D eigenvalue weighted by atomic mass is 10.3. The Morgan fingerprint density at radius 2 is 2.05 bits per heavy atom. The molecule has 0 atom stereocenters. The van der Waals surface area contributed by atoms with E-state index in [1.807, 2.05) is 11.4 Å². The lowest BCUT2D eigenvalue weighted by molar-refractivity contribution is -0.137. The quantitative estimate of drug-likeness (QED) is 0.790. The molecule has 1 N–H and O–H groups in total. The van der Waals surface area contributed by atoms with E-state index < -0.39 is 16.2 Å². The van der Waals surface area contributed by atoms with E-state index in [9.17, 15) is 13.2 Å². The number of hydrogen-bond donors (Lipinski definition) is 1. The number of halogens is 1. The second-order valence-electron chi connectivity index (χ2n) is 3.99. The minimum absolute atomic E-state index is 0.0463. The van der Waals surface area contributed by atoms with Gasteiger partial charge < -0.3 is 5.11 Å². The average molecular weight is 371 g/mol. The number of carbonyl (C=O) groups is 1. The van der Waals surface area contributed by atoms with E-state index in [0.29, 0.717) is 0 Å². The molecule has 0 spiro atoms. The van der Waals surface area contributed by atoms with Crippen LogP contribution < -0.4 is 0 Å². The fraction of sp³-hybridized carbons (Fsp3) is 0.500. The molecule has 0 saturated heterocycles. The number of carboxylic acids is 1. The molecule has 6 nitrogen and oxygen atoms in total. The molecule has 0 unspecified atom stereocenters. The topological polar surface area (TPSA) is 77.9 Å². The minimum atomic E-state index is -3.63. The van der Waals surface area contributed by atoms with Crippen molar-refractivity contribution in [3.8, 4) is 0 Å². The summed E-state index contributed by atoms with van der Waals surface area (Å²) in [6, 6.07) is 1.86. The molecule has 0 aliphatic rings. The lowest BCUT2D eigenvalue weighted by Gasteiger charge is -2.23. The summed E-state index contributed by atoms with van der Waals surface area (Å²) in [6.07, 6.45) is -0.215. The number of carboxylic acid groups (broad SMARTS) is 1. The van der Waals surface area contributed by atoms with Crippen molar-refractivity contribution in [3.63, 3.8) is 0 Å². The van der Waals surface area contributed by atoms with Crippen LogP contribution >= 0.6 is 27.3 Å². The van der Waals surface area contributed by atoms with Gasteiger partial charge in [0.1, 0.15) is 0 Å². The molecule has 0 aliphatic heterocycles. The van der Waals surface area contributed by atoms with Gasteiger partial charge in [0, 0.05) is 27.2 Å². The van der Waals surface area contributed by atoms with E-state index in [-0.39, 0.29) is 19.5 Å². The van der Waals surface area contributed by atoms with Crippen LogP contribution in [-0.2, 0) is 21.5 Å². The van der Waals surface area contributed by atoms with Gasteiger partial charge in [-0.15, -0.1) is 11.3 Å². The Labute approximate surface area is 125 Å². The van der Waals surface area contributed by atoms with Crippen molar-refractivity contribution in [1.82, 2.24) is 8.61 Å². The van der Waals surface area contributed by atoms with Gasteiger partial charge in [-0.2, -0.15) is 17.0 Å². The van der Waals surface area contributed by atoms with Crippen LogP contribution in [0.15, 0.2) is 15.2 Å². The molecule has 0 radical (unpaired) electrons. The summed E-state index contributed by atoms with van der Waals surface area (Å²) in [5, 5.41) is 10.4.